The highest BCUT2D eigenvalue weighted by molar-refractivity contribution is 7.10. The first-order valence-corrected chi connectivity index (χ1v) is 14.1. The number of fused-ring (bicyclic) bond motifs is 2. The minimum Gasteiger partial charge on any atom is -0.491 e. The van der Waals surface area contributed by atoms with E-state index in [0.29, 0.717) is 42.7 Å². The van der Waals surface area contributed by atoms with Crippen LogP contribution in [0.1, 0.15) is 50.8 Å². The largest absolute Gasteiger partial charge is 0.491 e. The van der Waals surface area contributed by atoms with Gasteiger partial charge < -0.3 is 24.0 Å². The summed E-state index contributed by atoms with van der Waals surface area (Å²) in [6.45, 7) is 5.88. The molecular weight excluding hydrogens is 500 g/mol. The Kier molecular flexibility index (Phi) is 6.74. The lowest BCUT2D eigenvalue weighted by atomic mass is 10.00. The fourth-order valence-electron chi connectivity index (χ4n) is 5.30. The van der Waals surface area contributed by atoms with Crippen LogP contribution in [0.5, 0.6) is 17.2 Å². The molecule has 7 nitrogen and oxygen atoms in total. The number of benzene rings is 2. The molecule has 1 fully saturated rings. The van der Waals surface area contributed by atoms with Crippen molar-refractivity contribution in [2.24, 2.45) is 5.92 Å². The maximum Gasteiger partial charge on any atom is 0.254 e. The normalized spacial score (nSPS) is 17.7. The average molecular weight is 533 g/mol. The van der Waals surface area contributed by atoms with Crippen LogP contribution in [0, 0.1) is 19.8 Å². The smallest absolute Gasteiger partial charge is 0.254 e. The highest BCUT2D eigenvalue weighted by atomic mass is 32.1. The van der Waals surface area contributed by atoms with Gasteiger partial charge in [-0.05, 0) is 85.9 Å². The summed E-state index contributed by atoms with van der Waals surface area (Å²) in [5, 5.41) is 2.09. The predicted octanol–water partition coefficient (Wildman–Crippen LogP) is 5.15. The van der Waals surface area contributed by atoms with E-state index in [-0.39, 0.29) is 31.2 Å². The van der Waals surface area contributed by atoms with Crippen LogP contribution in [0.4, 0.5) is 0 Å². The number of carbonyl (C=O) groups is 2. The number of aryl methyl sites for hydroxylation is 2. The molecule has 0 N–H and O–H groups in total. The van der Waals surface area contributed by atoms with E-state index in [2.05, 4.69) is 24.4 Å². The van der Waals surface area contributed by atoms with E-state index in [9.17, 15) is 9.59 Å². The third-order valence-corrected chi connectivity index (χ3v) is 8.55. The maximum atomic E-state index is 13.8. The van der Waals surface area contributed by atoms with Crippen molar-refractivity contribution >= 4 is 23.2 Å². The molecule has 0 spiro atoms. The molecule has 1 aliphatic carbocycles. The van der Waals surface area contributed by atoms with Gasteiger partial charge in [-0.3, -0.25) is 9.59 Å². The number of amides is 2. The molecule has 3 aliphatic rings. The van der Waals surface area contributed by atoms with E-state index < -0.39 is 0 Å². The summed E-state index contributed by atoms with van der Waals surface area (Å²) < 4.78 is 17.2. The Hall–Kier alpha value is -3.52. The van der Waals surface area contributed by atoms with Gasteiger partial charge in [0.15, 0.2) is 11.5 Å². The summed E-state index contributed by atoms with van der Waals surface area (Å²) >= 11 is 1.73. The van der Waals surface area contributed by atoms with Crippen LogP contribution in [0.2, 0.25) is 0 Å². The summed E-state index contributed by atoms with van der Waals surface area (Å²) in [5.41, 5.74) is 3.92. The molecule has 0 saturated heterocycles. The van der Waals surface area contributed by atoms with E-state index in [0.717, 1.165) is 36.1 Å². The molecule has 1 atom stereocenters. The number of thiophene rings is 1. The van der Waals surface area contributed by atoms with Crippen molar-refractivity contribution in [2.45, 2.75) is 39.2 Å². The van der Waals surface area contributed by atoms with Gasteiger partial charge in [-0.15, -0.1) is 11.3 Å². The summed E-state index contributed by atoms with van der Waals surface area (Å²) in [5.74, 6) is 2.29. The average Bonchev–Trinajstić information content (AvgIpc) is 3.38. The Morgan fingerprint density at radius 1 is 1.08 bits per heavy atom. The molecule has 0 radical (unpaired) electrons. The topological polar surface area (TPSA) is 68.3 Å². The van der Waals surface area contributed by atoms with Crippen molar-refractivity contribution in [1.29, 1.82) is 0 Å². The van der Waals surface area contributed by atoms with Gasteiger partial charge in [0.2, 0.25) is 12.7 Å². The van der Waals surface area contributed by atoms with Gasteiger partial charge >= 0.3 is 0 Å². The highest BCUT2D eigenvalue weighted by Crippen LogP contribution is 2.36. The van der Waals surface area contributed by atoms with Gasteiger partial charge in [0.25, 0.3) is 5.91 Å². The summed E-state index contributed by atoms with van der Waals surface area (Å²) in [4.78, 5) is 32.3. The molecule has 0 bridgehead atoms. The zero-order valence-electron chi connectivity index (χ0n) is 21.8. The van der Waals surface area contributed by atoms with Crippen LogP contribution in [0.3, 0.4) is 0 Å². The van der Waals surface area contributed by atoms with Crippen molar-refractivity contribution in [2.75, 3.05) is 33.0 Å². The number of ether oxygens (including phenoxy) is 3. The van der Waals surface area contributed by atoms with E-state index in [4.69, 9.17) is 14.2 Å². The lowest BCUT2D eigenvalue weighted by molar-refractivity contribution is -0.135. The first kappa shape index (κ1) is 24.8. The number of nitrogens with zero attached hydrogens (tertiary/aromatic N) is 2. The van der Waals surface area contributed by atoms with Crippen molar-refractivity contribution in [3.63, 3.8) is 0 Å². The van der Waals surface area contributed by atoms with Gasteiger partial charge in [0, 0.05) is 23.5 Å². The first-order chi connectivity index (χ1) is 18.5. The Balaban J connectivity index is 1.21. The van der Waals surface area contributed by atoms with E-state index in [1.807, 2.05) is 24.0 Å². The van der Waals surface area contributed by atoms with Crippen LogP contribution in [0.25, 0.3) is 0 Å². The molecule has 2 amide bonds. The van der Waals surface area contributed by atoms with Crippen molar-refractivity contribution in [1.82, 2.24) is 9.80 Å². The van der Waals surface area contributed by atoms with Crippen molar-refractivity contribution < 1.29 is 23.8 Å². The molecular formula is C30H32N2O5S. The quantitative estimate of drug-likeness (QED) is 0.401. The van der Waals surface area contributed by atoms with Crippen molar-refractivity contribution in [3.8, 4) is 17.2 Å². The Morgan fingerprint density at radius 2 is 1.92 bits per heavy atom. The van der Waals surface area contributed by atoms with Crippen molar-refractivity contribution in [3.05, 3.63) is 75.0 Å². The van der Waals surface area contributed by atoms with Crippen LogP contribution in [-0.2, 0) is 11.2 Å². The molecule has 2 aromatic carbocycles. The van der Waals surface area contributed by atoms with E-state index >= 15 is 0 Å². The third kappa shape index (κ3) is 5.10. The van der Waals surface area contributed by atoms with Gasteiger partial charge in [0.05, 0.1) is 6.04 Å². The monoisotopic (exact) mass is 532 g/mol. The van der Waals surface area contributed by atoms with Crippen LogP contribution in [0.15, 0.2) is 47.8 Å². The molecule has 3 heterocycles. The second-order valence-electron chi connectivity index (χ2n) is 10.4. The van der Waals surface area contributed by atoms with Gasteiger partial charge in [0.1, 0.15) is 18.9 Å². The Bertz CT molecular complexity index is 1360. The maximum absolute atomic E-state index is 13.8. The summed E-state index contributed by atoms with van der Waals surface area (Å²) in [7, 11) is 0. The molecule has 3 aromatic rings. The fourth-order valence-corrected chi connectivity index (χ4v) is 6.23. The Morgan fingerprint density at radius 3 is 2.74 bits per heavy atom. The van der Waals surface area contributed by atoms with Crippen LogP contribution >= 0.6 is 11.3 Å². The van der Waals surface area contributed by atoms with E-state index in [1.54, 1.807) is 34.4 Å². The van der Waals surface area contributed by atoms with Crippen LogP contribution < -0.4 is 14.2 Å². The highest BCUT2D eigenvalue weighted by Gasteiger charge is 2.35. The number of hydrogen-bond donors (Lipinski definition) is 0. The lowest BCUT2D eigenvalue weighted by Gasteiger charge is -2.37. The fraction of sp³-hybridized carbons (Fsp3) is 0.400. The molecule has 2 aliphatic heterocycles. The molecule has 1 aromatic heterocycles. The number of rotatable bonds is 8. The summed E-state index contributed by atoms with van der Waals surface area (Å²) in [6.07, 6.45) is 3.00. The zero-order valence-corrected chi connectivity index (χ0v) is 22.6. The minimum atomic E-state index is -0.193. The predicted molar refractivity (Wildman–Crippen MR) is 145 cm³/mol. The van der Waals surface area contributed by atoms with Crippen LogP contribution in [-0.4, -0.2) is 54.6 Å². The van der Waals surface area contributed by atoms with E-state index in [1.165, 1.54) is 10.4 Å². The number of carbonyl (C=O) groups excluding carboxylic acids is 2. The molecule has 198 valence electrons. The zero-order chi connectivity index (χ0) is 26.2. The van der Waals surface area contributed by atoms with Gasteiger partial charge in [-0.1, -0.05) is 17.7 Å². The van der Waals surface area contributed by atoms with Gasteiger partial charge in [-0.2, -0.15) is 0 Å². The molecule has 1 unspecified atom stereocenters. The number of hydrogen-bond acceptors (Lipinski definition) is 6. The summed E-state index contributed by atoms with van der Waals surface area (Å²) in [6, 6.07) is 13.3. The molecule has 6 rings (SSSR count). The standard InChI is InChI=1S/C30H32N2O5S/c1-19-3-7-25(20(2)13-19)35-17-24-23-10-12-38-28(23)9-11-32(24)29(33)16-31(15-21-4-5-21)30(34)22-6-8-26-27(14-22)37-18-36-26/h3,6-8,10,12-14,21,24H,4-5,9,11,15-18H2,1-2H3. The van der Waals surface area contributed by atoms with Gasteiger partial charge in [-0.25, -0.2) is 0 Å². The second-order valence-corrected chi connectivity index (χ2v) is 11.4. The third-order valence-electron chi connectivity index (χ3n) is 7.55. The minimum absolute atomic E-state index is 0.0449. The second kappa shape index (κ2) is 10.3. The SMILES string of the molecule is Cc1ccc(OCC2c3ccsc3CCN2C(=O)CN(CC2CC2)C(=O)c2ccc3c(c2)OCO3)c(C)c1. The molecule has 8 heteroatoms. The first-order valence-electron chi connectivity index (χ1n) is 13.2. The Labute approximate surface area is 226 Å². The molecule has 1 saturated carbocycles. The lowest BCUT2D eigenvalue weighted by Crippen LogP contribution is -2.48. The molecule has 38 heavy (non-hydrogen) atoms.